The summed E-state index contributed by atoms with van der Waals surface area (Å²) in [5.74, 6) is -0.473. The maximum Gasteiger partial charge on any atom is 0.261 e. The number of nitrogens with zero attached hydrogens (tertiary/aromatic N) is 3. The molecule has 3 heterocycles. The van der Waals surface area contributed by atoms with Gasteiger partial charge >= 0.3 is 0 Å². The molecule has 0 atom stereocenters. The molecule has 21 heavy (non-hydrogen) atoms. The SMILES string of the molecule is Cc1nn(C)c2ncc(NC(=O)c3c[nH]ccc3=O)cc12. The van der Waals surface area contributed by atoms with Crippen LogP contribution < -0.4 is 10.7 Å². The van der Waals surface area contributed by atoms with Gasteiger partial charge in [0.25, 0.3) is 5.91 Å². The maximum atomic E-state index is 12.1. The van der Waals surface area contributed by atoms with Gasteiger partial charge in [-0.25, -0.2) is 4.98 Å². The number of anilines is 1. The average Bonchev–Trinajstić information content (AvgIpc) is 2.74. The van der Waals surface area contributed by atoms with Gasteiger partial charge in [0, 0.05) is 30.9 Å². The molecule has 0 bridgehead atoms. The Kier molecular flexibility index (Phi) is 3.02. The van der Waals surface area contributed by atoms with Crippen LogP contribution in [0.2, 0.25) is 0 Å². The fourth-order valence-electron chi connectivity index (χ4n) is 2.17. The van der Waals surface area contributed by atoms with Gasteiger partial charge in [-0.05, 0) is 13.0 Å². The molecule has 0 saturated carbocycles. The third-order valence-electron chi connectivity index (χ3n) is 3.19. The van der Waals surface area contributed by atoms with Crippen LogP contribution in [0.5, 0.6) is 0 Å². The molecule has 2 N–H and O–H groups in total. The molecule has 0 aliphatic carbocycles. The Morgan fingerprint density at radius 1 is 1.43 bits per heavy atom. The number of hydrogen-bond donors (Lipinski definition) is 2. The van der Waals surface area contributed by atoms with E-state index in [9.17, 15) is 9.59 Å². The molecular formula is C14H13N5O2. The van der Waals surface area contributed by atoms with Crippen LogP contribution in [0.4, 0.5) is 5.69 Å². The molecule has 3 aromatic rings. The third-order valence-corrected chi connectivity index (χ3v) is 3.19. The van der Waals surface area contributed by atoms with E-state index in [1.165, 1.54) is 18.5 Å². The second-order valence-electron chi connectivity index (χ2n) is 4.68. The van der Waals surface area contributed by atoms with Crippen LogP contribution in [-0.2, 0) is 7.05 Å². The molecule has 0 spiro atoms. The smallest absolute Gasteiger partial charge is 0.261 e. The van der Waals surface area contributed by atoms with Crippen molar-refractivity contribution in [3.8, 4) is 0 Å². The molecular weight excluding hydrogens is 270 g/mol. The number of hydrogen-bond acceptors (Lipinski definition) is 4. The molecule has 1 amide bonds. The number of H-pyrrole nitrogens is 1. The molecule has 0 radical (unpaired) electrons. The third kappa shape index (κ3) is 2.29. The number of aryl methyl sites for hydroxylation is 2. The molecule has 0 fully saturated rings. The summed E-state index contributed by atoms with van der Waals surface area (Å²) in [5.41, 5.74) is 1.81. The molecule has 7 heteroatoms. The van der Waals surface area contributed by atoms with Crippen molar-refractivity contribution in [2.45, 2.75) is 6.92 Å². The Morgan fingerprint density at radius 3 is 3.00 bits per heavy atom. The van der Waals surface area contributed by atoms with E-state index in [2.05, 4.69) is 20.4 Å². The Bertz CT molecular complexity index is 894. The van der Waals surface area contributed by atoms with Crippen molar-refractivity contribution in [1.29, 1.82) is 0 Å². The van der Waals surface area contributed by atoms with Crippen molar-refractivity contribution in [1.82, 2.24) is 19.7 Å². The van der Waals surface area contributed by atoms with Crippen molar-refractivity contribution >= 4 is 22.6 Å². The van der Waals surface area contributed by atoms with Crippen LogP contribution in [0.25, 0.3) is 11.0 Å². The summed E-state index contributed by atoms with van der Waals surface area (Å²) in [6.45, 7) is 1.87. The monoisotopic (exact) mass is 283 g/mol. The lowest BCUT2D eigenvalue weighted by Gasteiger charge is -2.04. The summed E-state index contributed by atoms with van der Waals surface area (Å²) >= 11 is 0. The molecule has 7 nitrogen and oxygen atoms in total. The highest BCUT2D eigenvalue weighted by atomic mass is 16.2. The van der Waals surface area contributed by atoms with Crippen LogP contribution in [0.15, 0.2) is 35.5 Å². The van der Waals surface area contributed by atoms with Gasteiger partial charge in [-0.1, -0.05) is 0 Å². The minimum Gasteiger partial charge on any atom is -0.367 e. The fraction of sp³-hybridized carbons (Fsp3) is 0.143. The van der Waals surface area contributed by atoms with E-state index in [0.717, 1.165) is 16.7 Å². The first-order chi connectivity index (χ1) is 10.1. The molecule has 3 aromatic heterocycles. The van der Waals surface area contributed by atoms with Gasteiger partial charge < -0.3 is 10.3 Å². The first-order valence-corrected chi connectivity index (χ1v) is 6.34. The number of aromatic amines is 1. The van der Waals surface area contributed by atoms with Crippen LogP contribution in [0.1, 0.15) is 16.1 Å². The molecule has 3 rings (SSSR count). The number of pyridine rings is 2. The number of amides is 1. The number of aromatic nitrogens is 4. The zero-order valence-corrected chi connectivity index (χ0v) is 11.5. The summed E-state index contributed by atoms with van der Waals surface area (Å²) in [6.07, 6.45) is 4.39. The number of fused-ring (bicyclic) bond motifs is 1. The number of rotatable bonds is 2. The summed E-state index contributed by atoms with van der Waals surface area (Å²) in [5, 5.41) is 7.80. The van der Waals surface area contributed by atoms with E-state index >= 15 is 0 Å². The normalized spacial score (nSPS) is 10.8. The first-order valence-electron chi connectivity index (χ1n) is 6.34. The number of carbonyl (C=O) groups excluding carboxylic acids is 1. The Morgan fingerprint density at radius 2 is 2.24 bits per heavy atom. The second kappa shape index (κ2) is 4.86. The van der Waals surface area contributed by atoms with Crippen molar-refractivity contribution in [3.63, 3.8) is 0 Å². The molecule has 106 valence electrons. The van der Waals surface area contributed by atoms with Crippen molar-refractivity contribution in [3.05, 3.63) is 52.2 Å². The van der Waals surface area contributed by atoms with E-state index in [0.29, 0.717) is 5.69 Å². The van der Waals surface area contributed by atoms with Gasteiger partial charge in [0.1, 0.15) is 5.56 Å². The molecule has 0 aromatic carbocycles. The van der Waals surface area contributed by atoms with Crippen molar-refractivity contribution < 1.29 is 4.79 Å². The van der Waals surface area contributed by atoms with Crippen molar-refractivity contribution in [2.24, 2.45) is 7.05 Å². The van der Waals surface area contributed by atoms with Gasteiger partial charge in [0.15, 0.2) is 11.1 Å². The standard InChI is InChI=1S/C14H13N5O2/c1-8-10-5-9(6-16-13(10)19(2)18-8)17-14(21)11-7-15-4-3-12(11)20/h3-7H,1-2H3,(H,15,20)(H,17,21). The topological polar surface area (TPSA) is 92.7 Å². The highest BCUT2D eigenvalue weighted by molar-refractivity contribution is 6.04. The quantitative estimate of drug-likeness (QED) is 0.739. The van der Waals surface area contributed by atoms with Gasteiger partial charge in [0.2, 0.25) is 0 Å². The Balaban J connectivity index is 1.95. The minimum atomic E-state index is -0.473. The fourth-order valence-corrected chi connectivity index (χ4v) is 2.17. The summed E-state index contributed by atoms with van der Waals surface area (Å²) in [7, 11) is 1.81. The Hall–Kier alpha value is -2.96. The van der Waals surface area contributed by atoms with Gasteiger partial charge in [-0.15, -0.1) is 0 Å². The first kappa shape index (κ1) is 13.0. The van der Waals surface area contributed by atoms with Crippen LogP contribution in [0.3, 0.4) is 0 Å². The van der Waals surface area contributed by atoms with E-state index in [-0.39, 0.29) is 11.0 Å². The molecule has 0 saturated heterocycles. The summed E-state index contributed by atoms with van der Waals surface area (Å²) < 4.78 is 1.68. The van der Waals surface area contributed by atoms with E-state index in [4.69, 9.17) is 0 Å². The highest BCUT2D eigenvalue weighted by Gasteiger charge is 2.12. The van der Waals surface area contributed by atoms with E-state index in [1.807, 2.05) is 14.0 Å². The molecule has 0 unspecified atom stereocenters. The maximum absolute atomic E-state index is 12.1. The zero-order chi connectivity index (χ0) is 15.0. The zero-order valence-electron chi connectivity index (χ0n) is 11.5. The number of nitrogens with one attached hydrogen (secondary N) is 2. The lowest BCUT2D eigenvalue weighted by molar-refractivity contribution is 0.102. The molecule has 0 aliphatic rings. The van der Waals surface area contributed by atoms with Crippen molar-refractivity contribution in [2.75, 3.05) is 5.32 Å². The Labute approximate surface area is 119 Å². The summed E-state index contributed by atoms with van der Waals surface area (Å²) in [6, 6.07) is 3.10. The van der Waals surface area contributed by atoms with Gasteiger partial charge in [0.05, 0.1) is 17.6 Å². The lowest BCUT2D eigenvalue weighted by Crippen LogP contribution is -2.20. The second-order valence-corrected chi connectivity index (χ2v) is 4.68. The molecule has 0 aliphatic heterocycles. The average molecular weight is 283 g/mol. The number of carbonyl (C=O) groups is 1. The van der Waals surface area contributed by atoms with Crippen LogP contribution >= 0.6 is 0 Å². The van der Waals surface area contributed by atoms with Gasteiger partial charge in [-0.3, -0.25) is 14.3 Å². The lowest BCUT2D eigenvalue weighted by atomic mass is 10.2. The largest absolute Gasteiger partial charge is 0.367 e. The van der Waals surface area contributed by atoms with E-state index in [1.54, 1.807) is 16.9 Å². The summed E-state index contributed by atoms with van der Waals surface area (Å²) in [4.78, 5) is 30.7. The van der Waals surface area contributed by atoms with Crippen LogP contribution in [0, 0.1) is 6.92 Å². The predicted molar refractivity (Wildman–Crippen MR) is 78.3 cm³/mol. The van der Waals surface area contributed by atoms with E-state index < -0.39 is 5.91 Å². The van der Waals surface area contributed by atoms with Crippen LogP contribution in [-0.4, -0.2) is 25.7 Å². The minimum absolute atomic E-state index is 0.0560. The highest BCUT2D eigenvalue weighted by Crippen LogP contribution is 2.19. The predicted octanol–water partition coefficient (Wildman–Crippen LogP) is 1.22. The van der Waals surface area contributed by atoms with Gasteiger partial charge in [-0.2, -0.15) is 5.10 Å².